The molecule has 35 heavy (non-hydrogen) atoms. The number of anilines is 3. The molecule has 3 fully saturated rings. The Bertz CT molecular complexity index is 1330. The molecule has 9 nitrogen and oxygen atoms in total. The zero-order valence-corrected chi connectivity index (χ0v) is 19.6. The highest BCUT2D eigenvalue weighted by Gasteiger charge is 2.45. The molecule has 180 valence electrons. The van der Waals surface area contributed by atoms with Gasteiger partial charge in [0.25, 0.3) is 0 Å². The minimum absolute atomic E-state index is 0.0545. The van der Waals surface area contributed by atoms with Gasteiger partial charge in [0, 0.05) is 13.1 Å². The van der Waals surface area contributed by atoms with Crippen molar-refractivity contribution in [2.24, 2.45) is 5.92 Å². The van der Waals surface area contributed by atoms with Gasteiger partial charge in [0.15, 0.2) is 11.6 Å². The number of benzene rings is 1. The van der Waals surface area contributed by atoms with E-state index in [0.29, 0.717) is 54.2 Å². The zero-order chi connectivity index (χ0) is 24.1. The van der Waals surface area contributed by atoms with Crippen LogP contribution in [0, 0.1) is 11.7 Å². The van der Waals surface area contributed by atoms with Crippen molar-refractivity contribution in [2.45, 2.75) is 31.3 Å². The SMILES string of the molecule is C=CC(=O)N1C[C@@H]2C[C@H]1CN2c1ncc2ncnc(Nc3ccc(OCC4CC4)c(Cl)c3F)c2n1. The monoisotopic (exact) mass is 495 g/mol. The van der Waals surface area contributed by atoms with Crippen LogP contribution < -0.4 is 15.0 Å². The second kappa shape index (κ2) is 8.60. The van der Waals surface area contributed by atoms with Gasteiger partial charge in [-0.2, -0.15) is 0 Å². The van der Waals surface area contributed by atoms with Crippen molar-refractivity contribution in [1.82, 2.24) is 24.8 Å². The number of ether oxygens (including phenoxy) is 1. The number of rotatable bonds is 7. The molecule has 0 unspecified atom stereocenters. The molecule has 11 heteroatoms. The summed E-state index contributed by atoms with van der Waals surface area (Å²) in [5.41, 5.74) is 1.14. The van der Waals surface area contributed by atoms with E-state index in [9.17, 15) is 4.79 Å². The molecule has 2 bridgehead atoms. The van der Waals surface area contributed by atoms with Crippen molar-refractivity contribution in [1.29, 1.82) is 0 Å². The van der Waals surface area contributed by atoms with Gasteiger partial charge in [0.1, 0.15) is 28.1 Å². The molecule has 2 aliphatic heterocycles. The minimum Gasteiger partial charge on any atom is -0.492 e. The minimum atomic E-state index is -0.621. The molecule has 1 saturated carbocycles. The number of likely N-dealkylation sites (tertiary alicyclic amines) is 1. The van der Waals surface area contributed by atoms with Gasteiger partial charge in [0.2, 0.25) is 11.9 Å². The van der Waals surface area contributed by atoms with Crippen LogP contribution in [0.1, 0.15) is 19.3 Å². The fourth-order valence-electron chi connectivity index (χ4n) is 4.73. The lowest BCUT2D eigenvalue weighted by molar-refractivity contribution is -0.127. The number of carbonyl (C=O) groups is 1. The van der Waals surface area contributed by atoms with Crippen LogP contribution in [0.25, 0.3) is 11.0 Å². The normalized spacial score (nSPS) is 21.0. The molecular weight excluding hydrogens is 473 g/mol. The zero-order valence-electron chi connectivity index (χ0n) is 18.8. The van der Waals surface area contributed by atoms with Gasteiger partial charge >= 0.3 is 0 Å². The summed E-state index contributed by atoms with van der Waals surface area (Å²) in [6.07, 6.45) is 7.47. The van der Waals surface area contributed by atoms with Crippen molar-refractivity contribution < 1.29 is 13.9 Å². The maximum atomic E-state index is 15.0. The van der Waals surface area contributed by atoms with Gasteiger partial charge in [-0.3, -0.25) is 4.79 Å². The van der Waals surface area contributed by atoms with Gasteiger partial charge in [0.05, 0.1) is 30.6 Å². The topological polar surface area (TPSA) is 96.4 Å². The first kappa shape index (κ1) is 22.0. The van der Waals surface area contributed by atoms with E-state index in [-0.39, 0.29) is 28.7 Å². The van der Waals surface area contributed by atoms with Crippen LogP contribution in [-0.4, -0.2) is 62.5 Å². The number of hydrogen-bond donors (Lipinski definition) is 1. The molecule has 2 saturated heterocycles. The van der Waals surface area contributed by atoms with E-state index in [0.717, 1.165) is 19.3 Å². The highest BCUT2D eigenvalue weighted by atomic mass is 35.5. The van der Waals surface area contributed by atoms with E-state index in [1.807, 2.05) is 4.90 Å². The molecule has 0 radical (unpaired) electrons. The molecule has 2 atom stereocenters. The molecule has 1 aliphatic carbocycles. The predicted octanol–water partition coefficient (Wildman–Crippen LogP) is 3.72. The van der Waals surface area contributed by atoms with Crippen LogP contribution >= 0.6 is 11.6 Å². The number of carbonyl (C=O) groups excluding carboxylic acids is 1. The average Bonchev–Trinajstić information content (AvgIpc) is 3.49. The fourth-order valence-corrected chi connectivity index (χ4v) is 4.95. The molecule has 6 rings (SSSR count). The molecule has 3 aromatic rings. The Balaban J connectivity index is 1.26. The molecule has 1 amide bonds. The van der Waals surface area contributed by atoms with Crippen molar-refractivity contribution in [3.05, 3.63) is 48.2 Å². The van der Waals surface area contributed by atoms with Crippen LogP contribution in [0.3, 0.4) is 0 Å². The van der Waals surface area contributed by atoms with E-state index < -0.39 is 5.82 Å². The molecule has 3 aliphatic rings. The molecule has 1 aromatic carbocycles. The van der Waals surface area contributed by atoms with E-state index in [2.05, 4.69) is 31.7 Å². The van der Waals surface area contributed by atoms with Crippen LogP contribution in [0.2, 0.25) is 5.02 Å². The first-order valence-corrected chi connectivity index (χ1v) is 11.9. The molecule has 0 spiro atoms. The smallest absolute Gasteiger partial charge is 0.246 e. The number of piperazine rings is 1. The Hall–Kier alpha value is -3.53. The second-order valence-corrected chi connectivity index (χ2v) is 9.51. The van der Waals surface area contributed by atoms with E-state index >= 15 is 4.39 Å². The van der Waals surface area contributed by atoms with Crippen molar-refractivity contribution in [3.63, 3.8) is 0 Å². The number of halogens is 2. The molecule has 4 heterocycles. The van der Waals surface area contributed by atoms with Crippen molar-refractivity contribution in [3.8, 4) is 5.75 Å². The highest BCUT2D eigenvalue weighted by Crippen LogP contribution is 2.37. The Morgan fingerprint density at radius 1 is 1.26 bits per heavy atom. The van der Waals surface area contributed by atoms with Gasteiger partial charge in [-0.1, -0.05) is 18.2 Å². The van der Waals surface area contributed by atoms with Crippen LogP contribution in [0.15, 0.2) is 37.3 Å². The Kier molecular flexibility index (Phi) is 5.40. The first-order valence-electron chi connectivity index (χ1n) is 11.6. The van der Waals surface area contributed by atoms with Crippen LogP contribution in [0.4, 0.5) is 21.8 Å². The summed E-state index contributed by atoms with van der Waals surface area (Å²) in [4.78, 5) is 33.7. The van der Waals surface area contributed by atoms with Crippen LogP contribution in [-0.2, 0) is 4.79 Å². The third-order valence-electron chi connectivity index (χ3n) is 6.79. The Morgan fingerprint density at radius 3 is 2.86 bits per heavy atom. The summed E-state index contributed by atoms with van der Waals surface area (Å²) in [6, 6.07) is 3.45. The fraction of sp³-hybridized carbons (Fsp3) is 0.375. The number of hydrogen-bond acceptors (Lipinski definition) is 8. The lowest BCUT2D eigenvalue weighted by Crippen LogP contribution is -2.48. The Morgan fingerprint density at radius 2 is 2.11 bits per heavy atom. The lowest BCUT2D eigenvalue weighted by atomic mass is 10.2. The standard InChI is InChI=1S/C24H23ClFN7O2/c1-2-19(34)32-9-15-7-14(32)10-33(15)24-27-8-17-22(31-24)23(29-12-28-17)30-16-5-6-18(20(25)21(16)26)35-11-13-3-4-13/h2,5-6,8,12-15H,1,3-4,7,9-11H2,(H,28,29,30)/t14-,15-/m0/s1. The third-order valence-corrected chi connectivity index (χ3v) is 7.14. The quantitative estimate of drug-likeness (QED) is 0.495. The summed E-state index contributed by atoms with van der Waals surface area (Å²) < 4.78 is 20.7. The first-order chi connectivity index (χ1) is 17.0. The van der Waals surface area contributed by atoms with Crippen molar-refractivity contribution >= 4 is 46.0 Å². The van der Waals surface area contributed by atoms with E-state index in [1.165, 1.54) is 12.4 Å². The summed E-state index contributed by atoms with van der Waals surface area (Å²) in [5, 5.41) is 2.93. The molecule has 1 N–H and O–H groups in total. The Labute approximate surface area is 206 Å². The van der Waals surface area contributed by atoms with Gasteiger partial charge in [-0.05, 0) is 43.4 Å². The summed E-state index contributed by atoms with van der Waals surface area (Å²) >= 11 is 6.24. The predicted molar refractivity (Wildman–Crippen MR) is 129 cm³/mol. The van der Waals surface area contributed by atoms with Gasteiger partial charge in [-0.15, -0.1) is 0 Å². The number of amides is 1. The van der Waals surface area contributed by atoms with Gasteiger partial charge < -0.3 is 19.9 Å². The van der Waals surface area contributed by atoms with Gasteiger partial charge in [-0.25, -0.2) is 24.3 Å². The second-order valence-electron chi connectivity index (χ2n) is 9.14. The summed E-state index contributed by atoms with van der Waals surface area (Å²) in [6.45, 7) is 5.37. The maximum Gasteiger partial charge on any atom is 0.246 e. The molecular formula is C24H23ClFN7O2. The number of nitrogens with one attached hydrogen (secondary N) is 1. The number of fused-ring (bicyclic) bond motifs is 3. The van der Waals surface area contributed by atoms with E-state index in [1.54, 1.807) is 18.3 Å². The molecule has 2 aromatic heterocycles. The maximum absolute atomic E-state index is 15.0. The van der Waals surface area contributed by atoms with Crippen LogP contribution in [0.5, 0.6) is 5.75 Å². The average molecular weight is 496 g/mol. The lowest BCUT2D eigenvalue weighted by Gasteiger charge is -2.33. The number of nitrogens with zero attached hydrogens (tertiary/aromatic N) is 6. The third kappa shape index (κ3) is 4.01. The summed E-state index contributed by atoms with van der Waals surface area (Å²) in [7, 11) is 0. The van der Waals surface area contributed by atoms with Crippen molar-refractivity contribution in [2.75, 3.05) is 29.9 Å². The highest BCUT2D eigenvalue weighted by molar-refractivity contribution is 6.32. The van der Waals surface area contributed by atoms with E-state index in [4.69, 9.17) is 21.3 Å². The largest absolute Gasteiger partial charge is 0.492 e. The number of aromatic nitrogens is 4. The summed E-state index contributed by atoms with van der Waals surface area (Å²) in [5.74, 6) is 1.05.